The molecule has 0 saturated carbocycles. The lowest BCUT2D eigenvalue weighted by Crippen LogP contribution is -2.29. The van der Waals surface area contributed by atoms with Crippen LogP contribution in [0.1, 0.15) is 11.3 Å². The first-order valence-corrected chi connectivity index (χ1v) is 7.84. The Balaban J connectivity index is 1.60. The van der Waals surface area contributed by atoms with E-state index in [1.54, 1.807) is 9.58 Å². The average molecular weight is 322 g/mol. The van der Waals surface area contributed by atoms with Gasteiger partial charge in [-0.2, -0.15) is 10.2 Å². The molecule has 7 heteroatoms. The lowest BCUT2D eigenvalue weighted by Gasteiger charge is -2.22. The highest BCUT2D eigenvalue weighted by Crippen LogP contribution is 2.28. The smallest absolute Gasteiger partial charge is 0.210 e. The van der Waals surface area contributed by atoms with Crippen molar-refractivity contribution in [2.45, 2.75) is 13.0 Å². The third-order valence-electron chi connectivity index (χ3n) is 4.28. The van der Waals surface area contributed by atoms with Crippen LogP contribution in [-0.4, -0.2) is 37.8 Å². The fourth-order valence-corrected chi connectivity index (χ4v) is 2.99. The SMILES string of the molecule is Cn1cc(-c2cccc(Nc3n[nH]c4c3CN(C=O)CC4)c2)cn1. The van der Waals surface area contributed by atoms with Gasteiger partial charge in [0.25, 0.3) is 0 Å². The van der Waals surface area contributed by atoms with Crippen LogP contribution in [0.3, 0.4) is 0 Å². The van der Waals surface area contributed by atoms with Gasteiger partial charge in [-0.25, -0.2) is 0 Å². The van der Waals surface area contributed by atoms with E-state index in [9.17, 15) is 4.79 Å². The topological polar surface area (TPSA) is 78.8 Å². The summed E-state index contributed by atoms with van der Waals surface area (Å²) in [4.78, 5) is 12.8. The van der Waals surface area contributed by atoms with E-state index in [0.29, 0.717) is 6.54 Å². The van der Waals surface area contributed by atoms with Crippen molar-refractivity contribution in [2.75, 3.05) is 11.9 Å². The van der Waals surface area contributed by atoms with Crippen molar-refractivity contribution in [3.8, 4) is 11.1 Å². The molecule has 3 aromatic rings. The lowest BCUT2D eigenvalue weighted by atomic mass is 10.1. The molecule has 0 atom stereocenters. The zero-order chi connectivity index (χ0) is 16.5. The van der Waals surface area contributed by atoms with Gasteiger partial charge in [0.05, 0.1) is 12.7 Å². The maximum atomic E-state index is 11.0. The second kappa shape index (κ2) is 5.84. The number of aromatic nitrogens is 4. The molecule has 1 aliphatic heterocycles. The van der Waals surface area contributed by atoms with E-state index < -0.39 is 0 Å². The Morgan fingerprint density at radius 3 is 3.04 bits per heavy atom. The molecular formula is C17H18N6O. The largest absolute Gasteiger partial charge is 0.340 e. The van der Waals surface area contributed by atoms with Crippen molar-refractivity contribution in [1.29, 1.82) is 0 Å². The van der Waals surface area contributed by atoms with Crippen LogP contribution < -0.4 is 5.32 Å². The van der Waals surface area contributed by atoms with Crippen molar-refractivity contribution >= 4 is 17.9 Å². The molecule has 24 heavy (non-hydrogen) atoms. The fourth-order valence-electron chi connectivity index (χ4n) is 2.99. The number of hydrogen-bond acceptors (Lipinski definition) is 4. The average Bonchev–Trinajstić information content (AvgIpc) is 3.21. The summed E-state index contributed by atoms with van der Waals surface area (Å²) in [7, 11) is 1.90. The molecule has 0 unspecified atom stereocenters. The van der Waals surface area contributed by atoms with E-state index >= 15 is 0 Å². The highest BCUT2D eigenvalue weighted by Gasteiger charge is 2.21. The fraction of sp³-hybridized carbons (Fsp3) is 0.235. The summed E-state index contributed by atoms with van der Waals surface area (Å²) >= 11 is 0. The molecule has 4 rings (SSSR count). The van der Waals surface area contributed by atoms with Crippen molar-refractivity contribution in [1.82, 2.24) is 24.9 Å². The Morgan fingerprint density at radius 1 is 1.33 bits per heavy atom. The number of anilines is 2. The number of nitrogens with one attached hydrogen (secondary N) is 2. The van der Waals surface area contributed by atoms with Gasteiger partial charge in [0, 0.05) is 48.7 Å². The first-order valence-electron chi connectivity index (χ1n) is 7.84. The molecular weight excluding hydrogens is 304 g/mol. The van der Waals surface area contributed by atoms with E-state index in [0.717, 1.165) is 53.3 Å². The minimum absolute atomic E-state index is 0.583. The normalized spacial score (nSPS) is 13.6. The van der Waals surface area contributed by atoms with E-state index in [2.05, 4.69) is 32.7 Å². The van der Waals surface area contributed by atoms with Crippen LogP contribution in [0.25, 0.3) is 11.1 Å². The molecule has 7 nitrogen and oxygen atoms in total. The monoisotopic (exact) mass is 322 g/mol. The molecule has 0 spiro atoms. The van der Waals surface area contributed by atoms with Crippen molar-refractivity contribution in [2.24, 2.45) is 7.05 Å². The zero-order valence-corrected chi connectivity index (χ0v) is 13.4. The van der Waals surface area contributed by atoms with Gasteiger partial charge in [0.1, 0.15) is 0 Å². The van der Waals surface area contributed by atoms with Crippen molar-refractivity contribution in [3.63, 3.8) is 0 Å². The zero-order valence-electron chi connectivity index (χ0n) is 13.4. The van der Waals surface area contributed by atoms with Crippen LogP contribution >= 0.6 is 0 Å². The number of carbonyl (C=O) groups is 1. The number of carbonyl (C=O) groups excluding carboxylic acids is 1. The molecule has 2 aromatic heterocycles. The van der Waals surface area contributed by atoms with Gasteiger partial charge in [0.2, 0.25) is 6.41 Å². The van der Waals surface area contributed by atoms with Crippen LogP contribution in [0, 0.1) is 0 Å². The Morgan fingerprint density at radius 2 is 2.25 bits per heavy atom. The van der Waals surface area contributed by atoms with Gasteiger partial charge in [-0.05, 0) is 17.7 Å². The standard InChI is InChI=1S/C17H18N6O/c1-22-9-13(8-18-22)12-3-2-4-14(7-12)19-17-15-10-23(11-24)6-5-16(15)20-21-17/h2-4,7-9,11H,5-6,10H2,1H3,(H2,19,20,21). The summed E-state index contributed by atoms with van der Waals surface area (Å²) in [6.45, 7) is 1.31. The van der Waals surface area contributed by atoms with Crippen LogP contribution in [0.15, 0.2) is 36.7 Å². The number of nitrogens with zero attached hydrogens (tertiary/aromatic N) is 4. The Labute approximate surface area is 139 Å². The Bertz CT molecular complexity index is 881. The van der Waals surface area contributed by atoms with Crippen LogP contribution in [0.4, 0.5) is 11.5 Å². The second-order valence-corrected chi connectivity index (χ2v) is 5.96. The predicted octanol–water partition coefficient (Wildman–Crippen LogP) is 2.07. The second-order valence-electron chi connectivity index (χ2n) is 5.96. The predicted molar refractivity (Wildman–Crippen MR) is 90.7 cm³/mol. The van der Waals surface area contributed by atoms with Gasteiger partial charge >= 0.3 is 0 Å². The number of benzene rings is 1. The molecule has 3 heterocycles. The minimum Gasteiger partial charge on any atom is -0.340 e. The molecule has 0 saturated heterocycles. The maximum Gasteiger partial charge on any atom is 0.210 e. The molecule has 0 fully saturated rings. The maximum absolute atomic E-state index is 11.0. The molecule has 1 aromatic carbocycles. The van der Waals surface area contributed by atoms with E-state index in [-0.39, 0.29) is 0 Å². The summed E-state index contributed by atoms with van der Waals surface area (Å²) in [6, 6.07) is 8.12. The number of hydrogen-bond donors (Lipinski definition) is 2. The van der Waals surface area contributed by atoms with Crippen LogP contribution in [0.5, 0.6) is 0 Å². The third-order valence-corrected chi connectivity index (χ3v) is 4.28. The minimum atomic E-state index is 0.583. The number of fused-ring (bicyclic) bond motifs is 1. The highest BCUT2D eigenvalue weighted by molar-refractivity contribution is 5.70. The van der Waals surface area contributed by atoms with E-state index in [1.165, 1.54) is 0 Å². The Hall–Kier alpha value is -3.09. The van der Waals surface area contributed by atoms with Gasteiger partial charge in [-0.1, -0.05) is 12.1 Å². The molecule has 0 bridgehead atoms. The molecule has 0 radical (unpaired) electrons. The van der Waals surface area contributed by atoms with Crippen molar-refractivity contribution in [3.05, 3.63) is 47.9 Å². The lowest BCUT2D eigenvalue weighted by molar-refractivity contribution is -0.118. The molecule has 0 aliphatic carbocycles. The summed E-state index contributed by atoms with van der Waals surface area (Å²) in [5.41, 5.74) is 5.26. The first kappa shape index (κ1) is 14.5. The van der Waals surface area contributed by atoms with Gasteiger partial charge in [0.15, 0.2) is 5.82 Å². The summed E-state index contributed by atoms with van der Waals surface area (Å²) in [5.74, 6) is 0.778. The van der Waals surface area contributed by atoms with E-state index in [1.807, 2.05) is 31.6 Å². The molecule has 122 valence electrons. The number of aromatic amines is 1. The summed E-state index contributed by atoms with van der Waals surface area (Å²) in [6.07, 6.45) is 5.52. The van der Waals surface area contributed by atoms with Gasteiger partial charge < -0.3 is 10.2 Å². The summed E-state index contributed by atoms with van der Waals surface area (Å²) < 4.78 is 1.79. The molecule has 1 aliphatic rings. The highest BCUT2D eigenvalue weighted by atomic mass is 16.1. The third kappa shape index (κ3) is 2.64. The van der Waals surface area contributed by atoms with E-state index in [4.69, 9.17) is 0 Å². The van der Waals surface area contributed by atoms with Gasteiger partial charge in [-0.3, -0.25) is 14.6 Å². The summed E-state index contributed by atoms with van der Waals surface area (Å²) in [5, 5.41) is 15.0. The first-order chi connectivity index (χ1) is 11.7. The van der Waals surface area contributed by atoms with Crippen LogP contribution in [0.2, 0.25) is 0 Å². The number of amides is 1. The molecule has 1 amide bonds. The van der Waals surface area contributed by atoms with Gasteiger partial charge in [-0.15, -0.1) is 0 Å². The number of rotatable bonds is 4. The van der Waals surface area contributed by atoms with Crippen molar-refractivity contribution < 1.29 is 4.79 Å². The van der Waals surface area contributed by atoms with Crippen LogP contribution in [-0.2, 0) is 24.8 Å². The Kier molecular flexibility index (Phi) is 3.53. The quantitative estimate of drug-likeness (QED) is 0.721. The molecule has 2 N–H and O–H groups in total. The number of aryl methyl sites for hydroxylation is 1. The number of H-pyrrole nitrogens is 1.